The quantitative estimate of drug-likeness (QED) is 0.0205. The van der Waals surface area contributed by atoms with Crippen molar-refractivity contribution in [2.24, 2.45) is 0 Å². The molecule has 75 heavy (non-hydrogen) atoms. The van der Waals surface area contributed by atoms with Crippen molar-refractivity contribution < 1.29 is 37.3 Å². The molecule has 0 aromatic rings. The van der Waals surface area contributed by atoms with Gasteiger partial charge in [-0.25, -0.2) is 4.57 Å². The van der Waals surface area contributed by atoms with Gasteiger partial charge in [0.1, 0.15) is 19.3 Å². The maximum Gasteiger partial charge on any atom is 0.472 e. The number of carbonyl (C=O) groups is 2. The van der Waals surface area contributed by atoms with Crippen LogP contribution in [0.1, 0.15) is 290 Å². The molecule has 0 aromatic carbocycles. The van der Waals surface area contributed by atoms with E-state index < -0.39 is 20.0 Å². The van der Waals surface area contributed by atoms with Gasteiger partial charge in [-0.2, -0.15) is 0 Å². The molecule has 2 N–H and O–H groups in total. The summed E-state index contributed by atoms with van der Waals surface area (Å²) in [5.74, 6) is -0.517. The molecule has 0 spiro atoms. The molecule has 0 heterocycles. The number of hydrogen-bond acceptors (Lipinski definition) is 6. The Bertz CT molecular complexity index is 1470. The lowest BCUT2D eigenvalue weighted by Gasteiger charge is -2.27. The number of amides is 1. The van der Waals surface area contributed by atoms with E-state index >= 15 is 0 Å². The smallest absolute Gasteiger partial charge is 0.456 e. The third-order valence-electron chi connectivity index (χ3n) is 14.0. The Morgan fingerprint density at radius 2 is 0.813 bits per heavy atom. The maximum atomic E-state index is 13.5. The molecule has 10 heteroatoms. The zero-order valence-corrected chi connectivity index (χ0v) is 50.9. The number of likely N-dealkylation sites (N-methyl/N-ethyl adjacent to an activating group) is 1. The molecule has 9 nitrogen and oxygen atoms in total. The molecule has 3 atom stereocenters. The van der Waals surface area contributed by atoms with Crippen LogP contribution in [0.2, 0.25) is 0 Å². The topological polar surface area (TPSA) is 111 Å². The van der Waals surface area contributed by atoms with Crippen LogP contribution in [0.15, 0.2) is 60.8 Å². The number of carbonyl (C=O) groups excluding carboxylic acids is 2. The standard InChI is InChI=1S/C65H121N2O7P/c1-7-10-13-16-19-22-25-28-30-31-32-33-34-35-37-40-43-46-49-52-55-58-65(69)74-63(56-53-50-47-44-41-38-27-24-21-18-15-12-9-3)62(61-73-75(70,71)72-60-59-67(4,5)6)66-64(68)57-54-51-48-45-42-39-36-29-26-23-20-17-14-11-8-2/h19,22,28,30,32-33,35,37,53,56,62-63H,7-18,20-21,23-27,29,31,34,36,38-52,54-55,57-61H2,1-6H3,(H-,66,68,70,71)/p+1/b22-19-,30-28-,33-32-,37-35-,56-53+. The zero-order chi connectivity index (χ0) is 55.0. The van der Waals surface area contributed by atoms with E-state index in [-0.39, 0.29) is 31.5 Å². The lowest BCUT2D eigenvalue weighted by Crippen LogP contribution is -2.47. The van der Waals surface area contributed by atoms with Crippen molar-refractivity contribution in [2.45, 2.75) is 303 Å². The van der Waals surface area contributed by atoms with Gasteiger partial charge in [-0.15, -0.1) is 0 Å². The number of hydrogen-bond donors (Lipinski definition) is 2. The molecule has 0 aromatic heterocycles. The number of esters is 1. The summed E-state index contributed by atoms with van der Waals surface area (Å²) in [5, 5.41) is 3.06. The van der Waals surface area contributed by atoms with Gasteiger partial charge >= 0.3 is 13.8 Å². The third-order valence-corrected chi connectivity index (χ3v) is 14.9. The molecule has 438 valence electrons. The minimum Gasteiger partial charge on any atom is -0.456 e. The van der Waals surface area contributed by atoms with E-state index in [4.69, 9.17) is 13.8 Å². The highest BCUT2D eigenvalue weighted by atomic mass is 31.2. The molecule has 0 aliphatic carbocycles. The zero-order valence-electron chi connectivity index (χ0n) is 50.0. The summed E-state index contributed by atoms with van der Waals surface area (Å²) in [6.07, 6.45) is 69.2. The van der Waals surface area contributed by atoms with Crippen LogP contribution in [0.25, 0.3) is 0 Å². The van der Waals surface area contributed by atoms with Crippen molar-refractivity contribution in [1.82, 2.24) is 5.32 Å². The third kappa shape index (κ3) is 56.2. The van der Waals surface area contributed by atoms with E-state index in [0.717, 1.165) is 96.3 Å². The Hall–Kier alpha value is -2.29. The molecule has 0 aliphatic rings. The van der Waals surface area contributed by atoms with Crippen LogP contribution in [-0.2, 0) is 27.9 Å². The lowest BCUT2D eigenvalue weighted by molar-refractivity contribution is -0.870. The fourth-order valence-electron chi connectivity index (χ4n) is 9.04. The highest BCUT2D eigenvalue weighted by Crippen LogP contribution is 2.43. The molecule has 1 amide bonds. The Kier molecular flexibility index (Phi) is 53.4. The van der Waals surface area contributed by atoms with Crippen molar-refractivity contribution in [1.29, 1.82) is 0 Å². The van der Waals surface area contributed by atoms with Crippen LogP contribution in [0, 0.1) is 0 Å². The number of rotatable bonds is 57. The number of nitrogens with one attached hydrogen (secondary N) is 1. The van der Waals surface area contributed by atoms with Gasteiger partial charge in [0.25, 0.3) is 0 Å². The van der Waals surface area contributed by atoms with Gasteiger partial charge < -0.3 is 19.4 Å². The van der Waals surface area contributed by atoms with Crippen molar-refractivity contribution >= 4 is 19.7 Å². The Morgan fingerprint density at radius 3 is 1.24 bits per heavy atom. The molecule has 0 fully saturated rings. The van der Waals surface area contributed by atoms with E-state index in [9.17, 15) is 19.0 Å². The Labute approximate surface area is 464 Å². The van der Waals surface area contributed by atoms with Crippen LogP contribution in [-0.4, -0.2) is 74.3 Å². The van der Waals surface area contributed by atoms with Crippen molar-refractivity contribution in [3.63, 3.8) is 0 Å². The van der Waals surface area contributed by atoms with Gasteiger partial charge in [0, 0.05) is 12.8 Å². The number of quaternary nitrogens is 1. The van der Waals surface area contributed by atoms with E-state index in [0.29, 0.717) is 17.4 Å². The first-order valence-corrected chi connectivity index (χ1v) is 33.1. The second kappa shape index (κ2) is 55.0. The SMILES string of the molecule is CCCCC/C=C\C/C=C\C/C=C\C/C=C\CCCCCCCC(=O)OC(/C=C/CCCCCCCCCCCCC)C(COP(=O)(O)OCC[N+](C)(C)C)NC(=O)CCCCCCCCCCCCCCCCC. The van der Waals surface area contributed by atoms with Gasteiger partial charge in [0.15, 0.2) is 0 Å². The Morgan fingerprint density at radius 1 is 0.467 bits per heavy atom. The van der Waals surface area contributed by atoms with Crippen LogP contribution in [0.5, 0.6) is 0 Å². The van der Waals surface area contributed by atoms with E-state index in [1.54, 1.807) is 0 Å². The van der Waals surface area contributed by atoms with Gasteiger partial charge in [-0.3, -0.25) is 18.6 Å². The monoisotopic (exact) mass is 1070 g/mol. The molecule has 0 saturated carbocycles. The summed E-state index contributed by atoms with van der Waals surface area (Å²) in [5.41, 5.74) is 0. The summed E-state index contributed by atoms with van der Waals surface area (Å²) in [6, 6.07) is -0.855. The van der Waals surface area contributed by atoms with Crippen molar-refractivity contribution in [3.8, 4) is 0 Å². The predicted molar refractivity (Wildman–Crippen MR) is 323 cm³/mol. The second-order valence-corrected chi connectivity index (χ2v) is 24.0. The molecule has 0 rings (SSSR count). The minimum absolute atomic E-state index is 0.0370. The fraction of sp³-hybridized carbons (Fsp3) is 0.815. The number of unbranched alkanes of at least 4 members (excludes halogenated alkanes) is 33. The van der Waals surface area contributed by atoms with Gasteiger partial charge in [-0.1, -0.05) is 262 Å². The summed E-state index contributed by atoms with van der Waals surface area (Å²) in [7, 11) is 1.49. The first kappa shape index (κ1) is 72.7. The van der Waals surface area contributed by atoms with Gasteiger partial charge in [-0.05, 0) is 76.7 Å². The van der Waals surface area contributed by atoms with Gasteiger partial charge in [0.2, 0.25) is 5.91 Å². The fourth-order valence-corrected chi connectivity index (χ4v) is 9.78. The van der Waals surface area contributed by atoms with Crippen LogP contribution in [0.3, 0.4) is 0 Å². The highest BCUT2D eigenvalue weighted by Gasteiger charge is 2.30. The number of phosphoric acid groups is 1. The summed E-state index contributed by atoms with van der Waals surface area (Å²) in [4.78, 5) is 37.7. The summed E-state index contributed by atoms with van der Waals surface area (Å²) in [6.45, 7) is 7.00. The van der Waals surface area contributed by atoms with E-state index in [1.165, 1.54) is 161 Å². The first-order chi connectivity index (χ1) is 36.4. The second-order valence-electron chi connectivity index (χ2n) is 22.6. The number of nitrogens with zero attached hydrogens (tertiary/aromatic N) is 1. The molecule has 0 saturated heterocycles. The van der Waals surface area contributed by atoms with Crippen molar-refractivity contribution in [2.75, 3.05) is 40.9 Å². The molecular formula is C65H122N2O7P+. The molecule has 0 radical (unpaired) electrons. The first-order valence-electron chi connectivity index (χ1n) is 31.6. The Balaban J connectivity index is 5.29. The van der Waals surface area contributed by atoms with Crippen LogP contribution in [0.4, 0.5) is 0 Å². The molecular weight excluding hydrogens is 952 g/mol. The lowest BCUT2D eigenvalue weighted by atomic mass is 10.0. The van der Waals surface area contributed by atoms with E-state index in [2.05, 4.69) is 74.7 Å². The van der Waals surface area contributed by atoms with Crippen molar-refractivity contribution in [3.05, 3.63) is 60.8 Å². The van der Waals surface area contributed by atoms with Crippen LogP contribution < -0.4 is 5.32 Å². The molecule has 3 unspecified atom stereocenters. The number of ether oxygens (including phenoxy) is 1. The summed E-state index contributed by atoms with van der Waals surface area (Å²) >= 11 is 0. The molecule has 0 bridgehead atoms. The van der Waals surface area contributed by atoms with Crippen LogP contribution >= 0.6 is 7.82 Å². The van der Waals surface area contributed by atoms with E-state index in [1.807, 2.05) is 33.3 Å². The number of phosphoric ester groups is 1. The normalized spacial score (nSPS) is 14.1. The summed E-state index contributed by atoms with van der Waals surface area (Å²) < 4.78 is 30.7. The van der Waals surface area contributed by atoms with Gasteiger partial charge in [0.05, 0.1) is 33.8 Å². The highest BCUT2D eigenvalue weighted by molar-refractivity contribution is 7.47. The average Bonchev–Trinajstić information content (AvgIpc) is 3.37. The number of allylic oxidation sites excluding steroid dienone is 9. The predicted octanol–water partition coefficient (Wildman–Crippen LogP) is 19.4. The minimum atomic E-state index is -4.45. The average molecular weight is 1070 g/mol. The molecule has 0 aliphatic heterocycles. The maximum absolute atomic E-state index is 13.5. The largest absolute Gasteiger partial charge is 0.472 e.